The zero-order valence-corrected chi connectivity index (χ0v) is 12.6. The normalized spacial score (nSPS) is 14.0. The van der Waals surface area contributed by atoms with Crippen molar-refractivity contribution in [2.75, 3.05) is 6.61 Å². The maximum absolute atomic E-state index is 12.2. The molecule has 1 aliphatic heterocycles. The maximum Gasteiger partial charge on any atom is 0.330 e. The van der Waals surface area contributed by atoms with E-state index in [1.165, 1.54) is 0 Å². The number of H-pyrrole nitrogens is 1. The number of carbonyl (C=O) groups is 2. The van der Waals surface area contributed by atoms with Crippen LogP contribution < -0.4 is 10.1 Å². The minimum absolute atomic E-state index is 0.178. The summed E-state index contributed by atoms with van der Waals surface area (Å²) >= 11 is 0. The van der Waals surface area contributed by atoms with E-state index in [2.05, 4.69) is 15.5 Å². The zero-order chi connectivity index (χ0) is 16.4. The number of aromatic nitrogens is 2. The number of aromatic amines is 1. The molecule has 1 amide bonds. The molecule has 7 heteroatoms. The standard InChI is InChI=1S/C16H17N3O4/c1-2-11-8-12(19-18-11)15(20)17-14(16(21)22)10-3-4-13-9(7-10)5-6-23-13/h3-4,7-8,14H,2,5-6H2,1H3,(H,17,20)(H,18,19)(H,21,22). The number of nitrogens with one attached hydrogen (secondary N) is 2. The van der Waals surface area contributed by atoms with Crippen molar-refractivity contribution >= 4 is 11.9 Å². The van der Waals surface area contributed by atoms with Crippen molar-refractivity contribution < 1.29 is 19.4 Å². The summed E-state index contributed by atoms with van der Waals surface area (Å²) in [5.41, 5.74) is 2.46. The summed E-state index contributed by atoms with van der Waals surface area (Å²) in [7, 11) is 0. The average Bonchev–Trinajstić information content (AvgIpc) is 3.19. The Kier molecular flexibility index (Phi) is 4.01. The SMILES string of the molecule is CCc1cc(C(=O)NC(C(=O)O)c2ccc3c(c2)CCO3)n[nH]1. The monoisotopic (exact) mass is 315 g/mol. The molecule has 120 valence electrons. The number of rotatable bonds is 5. The molecule has 0 fully saturated rings. The van der Waals surface area contributed by atoms with E-state index in [4.69, 9.17) is 4.74 Å². The van der Waals surface area contributed by atoms with Crippen LogP contribution >= 0.6 is 0 Å². The number of carbonyl (C=O) groups excluding carboxylic acids is 1. The Balaban J connectivity index is 1.81. The van der Waals surface area contributed by atoms with Crippen LogP contribution in [0.5, 0.6) is 5.75 Å². The highest BCUT2D eigenvalue weighted by atomic mass is 16.5. The molecular formula is C16H17N3O4. The molecule has 0 saturated carbocycles. The number of fused-ring (bicyclic) bond motifs is 1. The van der Waals surface area contributed by atoms with E-state index in [0.717, 1.165) is 23.4 Å². The summed E-state index contributed by atoms with van der Waals surface area (Å²) in [5, 5.41) is 18.6. The number of nitrogens with zero attached hydrogens (tertiary/aromatic N) is 1. The molecule has 3 N–H and O–H groups in total. The highest BCUT2D eigenvalue weighted by molar-refractivity contribution is 5.95. The first kappa shape index (κ1) is 15.1. The van der Waals surface area contributed by atoms with Gasteiger partial charge in [-0.25, -0.2) is 4.79 Å². The van der Waals surface area contributed by atoms with E-state index in [9.17, 15) is 14.7 Å². The van der Waals surface area contributed by atoms with Gasteiger partial charge in [-0.3, -0.25) is 9.89 Å². The lowest BCUT2D eigenvalue weighted by molar-refractivity contribution is -0.139. The molecule has 1 aliphatic rings. The largest absolute Gasteiger partial charge is 0.493 e. The molecule has 1 aromatic carbocycles. The first-order chi connectivity index (χ1) is 11.1. The van der Waals surface area contributed by atoms with Gasteiger partial charge in [-0.15, -0.1) is 0 Å². The van der Waals surface area contributed by atoms with Crippen molar-refractivity contribution in [1.82, 2.24) is 15.5 Å². The zero-order valence-electron chi connectivity index (χ0n) is 12.6. The predicted molar refractivity (Wildman–Crippen MR) is 81.4 cm³/mol. The third-order valence-corrected chi connectivity index (χ3v) is 3.81. The van der Waals surface area contributed by atoms with Gasteiger partial charge in [-0.05, 0) is 35.7 Å². The summed E-state index contributed by atoms with van der Waals surface area (Å²) in [6, 6.07) is 5.65. The Bertz CT molecular complexity index is 754. The number of aryl methyl sites for hydroxylation is 1. The molecule has 0 radical (unpaired) electrons. The smallest absolute Gasteiger partial charge is 0.330 e. The Hall–Kier alpha value is -2.83. The molecule has 1 atom stereocenters. The van der Waals surface area contributed by atoms with Gasteiger partial charge in [-0.1, -0.05) is 13.0 Å². The van der Waals surface area contributed by atoms with Crippen LogP contribution in [-0.4, -0.2) is 33.8 Å². The molecule has 0 aliphatic carbocycles. The van der Waals surface area contributed by atoms with E-state index >= 15 is 0 Å². The van der Waals surface area contributed by atoms with Crippen molar-refractivity contribution in [2.24, 2.45) is 0 Å². The van der Waals surface area contributed by atoms with Gasteiger partial charge in [0.05, 0.1) is 6.61 Å². The summed E-state index contributed by atoms with van der Waals surface area (Å²) in [5.74, 6) is -0.877. The highest BCUT2D eigenvalue weighted by Crippen LogP contribution is 2.28. The number of benzene rings is 1. The van der Waals surface area contributed by atoms with Gasteiger partial charge in [0.15, 0.2) is 6.04 Å². The van der Waals surface area contributed by atoms with E-state index in [0.29, 0.717) is 18.6 Å². The lowest BCUT2D eigenvalue weighted by atomic mass is 10.0. The molecular weight excluding hydrogens is 298 g/mol. The third-order valence-electron chi connectivity index (χ3n) is 3.81. The minimum Gasteiger partial charge on any atom is -0.493 e. The van der Waals surface area contributed by atoms with Crippen LogP contribution in [0, 0.1) is 0 Å². The fourth-order valence-corrected chi connectivity index (χ4v) is 2.54. The van der Waals surface area contributed by atoms with Gasteiger partial charge in [0.2, 0.25) is 0 Å². The van der Waals surface area contributed by atoms with Crippen LogP contribution in [0.25, 0.3) is 0 Å². The minimum atomic E-state index is -1.13. The van der Waals surface area contributed by atoms with Crippen LogP contribution in [0.2, 0.25) is 0 Å². The second kappa shape index (κ2) is 6.12. The molecule has 7 nitrogen and oxygen atoms in total. The van der Waals surface area contributed by atoms with Gasteiger partial charge < -0.3 is 15.2 Å². The lowest BCUT2D eigenvalue weighted by Crippen LogP contribution is -2.34. The highest BCUT2D eigenvalue weighted by Gasteiger charge is 2.25. The van der Waals surface area contributed by atoms with E-state index in [1.54, 1.807) is 24.3 Å². The number of aliphatic carboxylic acids is 1. The van der Waals surface area contributed by atoms with Crippen molar-refractivity contribution in [3.05, 3.63) is 46.8 Å². The topological polar surface area (TPSA) is 104 Å². The number of amides is 1. The van der Waals surface area contributed by atoms with Crippen molar-refractivity contribution in [3.63, 3.8) is 0 Å². The first-order valence-electron chi connectivity index (χ1n) is 7.42. The fraction of sp³-hybridized carbons (Fsp3) is 0.312. The van der Waals surface area contributed by atoms with Crippen LogP contribution in [0.3, 0.4) is 0 Å². The Morgan fingerprint density at radius 1 is 1.43 bits per heavy atom. The Morgan fingerprint density at radius 3 is 2.96 bits per heavy atom. The van der Waals surface area contributed by atoms with Gasteiger partial charge in [0.1, 0.15) is 11.4 Å². The second-order valence-corrected chi connectivity index (χ2v) is 5.34. The molecule has 23 heavy (non-hydrogen) atoms. The van der Waals surface area contributed by atoms with E-state index < -0.39 is 17.9 Å². The summed E-state index contributed by atoms with van der Waals surface area (Å²) < 4.78 is 5.41. The molecule has 3 rings (SSSR count). The first-order valence-corrected chi connectivity index (χ1v) is 7.42. The molecule has 0 spiro atoms. The maximum atomic E-state index is 12.2. The molecule has 0 bridgehead atoms. The number of carboxylic acids is 1. The summed E-state index contributed by atoms with van der Waals surface area (Å²) in [6.45, 7) is 2.53. The van der Waals surface area contributed by atoms with Crippen LogP contribution in [-0.2, 0) is 17.6 Å². The second-order valence-electron chi connectivity index (χ2n) is 5.34. The lowest BCUT2D eigenvalue weighted by Gasteiger charge is -2.15. The third kappa shape index (κ3) is 3.03. The average molecular weight is 315 g/mol. The fourth-order valence-electron chi connectivity index (χ4n) is 2.54. The van der Waals surface area contributed by atoms with Gasteiger partial charge in [0, 0.05) is 12.1 Å². The van der Waals surface area contributed by atoms with Gasteiger partial charge >= 0.3 is 5.97 Å². The quantitative estimate of drug-likeness (QED) is 0.775. The number of ether oxygens (including phenoxy) is 1. The Morgan fingerprint density at radius 2 is 2.26 bits per heavy atom. The Labute approximate surface area is 132 Å². The summed E-state index contributed by atoms with van der Waals surface area (Å²) in [4.78, 5) is 23.8. The van der Waals surface area contributed by atoms with Crippen molar-refractivity contribution in [3.8, 4) is 5.75 Å². The van der Waals surface area contributed by atoms with Crippen LogP contribution in [0.1, 0.15) is 40.3 Å². The number of hydrogen-bond donors (Lipinski definition) is 3. The number of carboxylic acid groups (broad SMARTS) is 1. The van der Waals surface area contributed by atoms with Gasteiger partial charge in [0.25, 0.3) is 5.91 Å². The van der Waals surface area contributed by atoms with Gasteiger partial charge in [-0.2, -0.15) is 5.10 Å². The molecule has 1 aromatic heterocycles. The molecule has 1 unspecified atom stereocenters. The predicted octanol–water partition coefficient (Wildman–Crippen LogP) is 1.46. The van der Waals surface area contributed by atoms with E-state index in [1.807, 2.05) is 6.92 Å². The van der Waals surface area contributed by atoms with Crippen molar-refractivity contribution in [2.45, 2.75) is 25.8 Å². The number of hydrogen-bond acceptors (Lipinski definition) is 4. The molecule has 2 heterocycles. The molecule has 2 aromatic rings. The van der Waals surface area contributed by atoms with Crippen LogP contribution in [0.15, 0.2) is 24.3 Å². The molecule has 0 saturated heterocycles. The van der Waals surface area contributed by atoms with Crippen LogP contribution in [0.4, 0.5) is 0 Å². The van der Waals surface area contributed by atoms with E-state index in [-0.39, 0.29) is 5.69 Å². The summed E-state index contributed by atoms with van der Waals surface area (Å²) in [6.07, 6.45) is 1.45. The van der Waals surface area contributed by atoms with Crippen molar-refractivity contribution in [1.29, 1.82) is 0 Å².